The molecule has 0 aliphatic rings. The van der Waals surface area contributed by atoms with Gasteiger partial charge in [-0.15, -0.1) is 0 Å². The van der Waals surface area contributed by atoms with Gasteiger partial charge in [0.15, 0.2) is 0 Å². The van der Waals surface area contributed by atoms with Gasteiger partial charge in [-0.05, 0) is 31.3 Å². The molecule has 0 atom stereocenters. The van der Waals surface area contributed by atoms with E-state index in [9.17, 15) is 56.4 Å². The van der Waals surface area contributed by atoms with E-state index in [4.69, 9.17) is 16.4 Å². The fourth-order valence-electron chi connectivity index (χ4n) is 4.18. The van der Waals surface area contributed by atoms with Crippen molar-refractivity contribution in [1.29, 1.82) is 0 Å². The smallest absolute Gasteiger partial charge is 0.325 e. The number of nitrogens with zero attached hydrogens (tertiary/aromatic N) is 3. The second-order valence-electron chi connectivity index (χ2n) is 11.7. The number of rotatable bonds is 13. The Morgan fingerprint density at radius 3 is 1.21 bits per heavy atom. The van der Waals surface area contributed by atoms with Gasteiger partial charge >= 0.3 is 28.4 Å². The van der Waals surface area contributed by atoms with Crippen molar-refractivity contribution >= 4 is 10.1 Å². The van der Waals surface area contributed by atoms with Crippen LogP contribution in [0.3, 0.4) is 0 Å². The molecule has 0 fully saturated rings. The van der Waals surface area contributed by atoms with Crippen LogP contribution in [0.1, 0.15) is 41.2 Å². The Morgan fingerprint density at radius 2 is 0.918 bits per heavy atom. The number of hydrogen-bond acceptors (Lipinski definition) is 16. The van der Waals surface area contributed by atoms with Crippen LogP contribution in [0, 0.1) is 0 Å². The average Bonchev–Trinajstić information content (AvgIpc) is 3.18. The molecule has 0 amide bonds. The molecular formula is C32H44N14O14S. The molecule has 0 aliphatic heterocycles. The minimum absolute atomic E-state index is 0.102. The molecular weight excluding hydrogens is 837 g/mol. The van der Waals surface area contributed by atoms with E-state index in [0.29, 0.717) is 48.1 Å². The summed E-state index contributed by atoms with van der Waals surface area (Å²) in [5.74, 6) is 0. The van der Waals surface area contributed by atoms with Gasteiger partial charge in [0.05, 0.1) is 12.9 Å². The first kappa shape index (κ1) is 51.6. The second kappa shape index (κ2) is 27.3. The molecule has 0 saturated heterocycles. The number of aryl methyl sites for hydroxylation is 1. The first-order valence-electron chi connectivity index (χ1n) is 17.5. The summed E-state index contributed by atoms with van der Waals surface area (Å²) in [5, 5.41) is 11.7. The van der Waals surface area contributed by atoms with Crippen LogP contribution < -0.4 is 62.0 Å². The number of hydrogen-bond donors (Lipinski definition) is 12. The highest BCUT2D eigenvalue weighted by Gasteiger charge is 2.05. The molecule has 61 heavy (non-hydrogen) atoms. The highest BCUT2D eigenvalue weighted by Crippen LogP contribution is 1.93. The summed E-state index contributed by atoms with van der Waals surface area (Å²) in [6, 6.07) is 0. The van der Waals surface area contributed by atoms with Crippen LogP contribution in [0.15, 0.2) is 84.0 Å². The largest absolute Gasteiger partial charge is 0.396 e. The number of aliphatic hydroxyl groups is 1. The lowest BCUT2D eigenvalue weighted by atomic mass is 10.2. The molecule has 13 N–H and O–H groups in total. The molecule has 332 valence electrons. The molecule has 0 bridgehead atoms. The van der Waals surface area contributed by atoms with Gasteiger partial charge in [-0.3, -0.25) is 53.1 Å². The SMILES string of the molecule is CCCc1c[nH]c(=O)[nH]c1=O.CS(=O)(=O)OCCc1c[nH]c(=O)[nH]c1=O.NCCc1c[nH]c(=O)[nH]c1=O.O=c1[nH]cc(CCO)c(=O)[nH]1.[N-]=[N+]=NCCc1c[nH]c(=O)[nH]c1=O. The molecule has 5 aromatic heterocycles. The van der Waals surface area contributed by atoms with Gasteiger partial charge < -0.3 is 35.8 Å². The monoisotopic (exact) mass is 880 g/mol. The molecule has 0 aromatic carbocycles. The Balaban J connectivity index is 0.000000383. The first-order chi connectivity index (χ1) is 28.8. The molecule has 5 heterocycles. The van der Waals surface area contributed by atoms with Crippen molar-refractivity contribution < 1.29 is 17.7 Å². The fourth-order valence-corrected chi connectivity index (χ4v) is 4.57. The van der Waals surface area contributed by atoms with Gasteiger partial charge in [0.25, 0.3) is 37.9 Å². The van der Waals surface area contributed by atoms with Crippen molar-refractivity contribution in [1.82, 2.24) is 49.8 Å². The lowest BCUT2D eigenvalue weighted by Gasteiger charge is -1.99. The van der Waals surface area contributed by atoms with Gasteiger partial charge in [0, 0.05) is 89.7 Å². The van der Waals surface area contributed by atoms with E-state index in [-0.39, 0.29) is 49.3 Å². The van der Waals surface area contributed by atoms with Crippen LogP contribution >= 0.6 is 0 Å². The van der Waals surface area contributed by atoms with Crippen molar-refractivity contribution in [3.63, 3.8) is 0 Å². The van der Waals surface area contributed by atoms with Crippen LogP contribution in [0.4, 0.5) is 0 Å². The maximum absolute atomic E-state index is 11.1. The van der Waals surface area contributed by atoms with Crippen LogP contribution in [0.5, 0.6) is 0 Å². The minimum atomic E-state index is -3.50. The van der Waals surface area contributed by atoms with E-state index in [1.807, 2.05) is 16.9 Å². The van der Waals surface area contributed by atoms with Crippen molar-refractivity contribution in [3.05, 3.63) is 173 Å². The highest BCUT2D eigenvalue weighted by molar-refractivity contribution is 7.85. The molecule has 0 radical (unpaired) electrons. The molecule has 5 aromatic rings. The normalized spacial score (nSPS) is 10.2. The third kappa shape index (κ3) is 21.8. The quantitative estimate of drug-likeness (QED) is 0.0230. The zero-order chi connectivity index (χ0) is 46.0. The Hall–Kier alpha value is -7.46. The number of aromatic amines is 10. The van der Waals surface area contributed by atoms with E-state index in [2.05, 4.69) is 54.1 Å². The van der Waals surface area contributed by atoms with E-state index >= 15 is 0 Å². The Morgan fingerprint density at radius 1 is 0.590 bits per heavy atom. The number of aromatic nitrogens is 10. The molecule has 0 unspecified atom stereocenters. The summed E-state index contributed by atoms with van der Waals surface area (Å²) < 4.78 is 25.6. The lowest BCUT2D eigenvalue weighted by Crippen LogP contribution is -2.25. The number of azide groups is 1. The first-order valence-corrected chi connectivity index (χ1v) is 19.4. The molecule has 0 saturated carbocycles. The number of nitrogens with two attached hydrogens (primary N) is 1. The topological polar surface area (TPSA) is 467 Å². The van der Waals surface area contributed by atoms with Crippen LogP contribution in [0.25, 0.3) is 10.4 Å². The molecule has 0 spiro atoms. The zero-order valence-corrected chi connectivity index (χ0v) is 33.4. The van der Waals surface area contributed by atoms with E-state index < -0.39 is 55.2 Å². The van der Waals surface area contributed by atoms with Gasteiger partial charge in [0.2, 0.25) is 0 Å². The third-order valence-electron chi connectivity index (χ3n) is 7.01. The van der Waals surface area contributed by atoms with Gasteiger partial charge in [-0.1, -0.05) is 18.5 Å². The lowest BCUT2D eigenvalue weighted by molar-refractivity contribution is 0.299. The standard InChI is InChI=1S/C7H10N2O5S.C7H10N2O2.C6H7N5O2.C6H9N3O2.C6H8N2O3/c1-15(12,13)14-3-2-5-4-8-7(11)9-6(5)10;1-2-3-5-4-8-7(11)9-6(5)10;7-11-9-2-1-4-3-8-6(13)10-5(4)12;7-2-1-4-3-8-6(11)9-5(4)10;9-2-1-4-3-7-6(11)8-5(4)10/h4H,2-3H2,1H3,(H2,8,9,10,11);4H,2-3H2,1H3,(H2,8,9,10,11);3H,1-2H2,(H2,8,10,12,13);3H,1-2,7H2,(H2,8,9,10,11);3,9H,1-2H2,(H2,7,8,10,11). The van der Waals surface area contributed by atoms with Crippen molar-refractivity contribution in [3.8, 4) is 0 Å². The van der Waals surface area contributed by atoms with Crippen LogP contribution in [-0.4, -0.2) is 95.9 Å². The van der Waals surface area contributed by atoms with Crippen molar-refractivity contribution in [2.45, 2.75) is 45.4 Å². The highest BCUT2D eigenvalue weighted by atomic mass is 32.2. The Labute approximate surface area is 339 Å². The van der Waals surface area contributed by atoms with Gasteiger partial charge in [-0.25, -0.2) is 24.0 Å². The Bertz CT molecular complexity index is 2740. The summed E-state index contributed by atoms with van der Waals surface area (Å²) in [6.45, 7) is 2.34. The van der Waals surface area contributed by atoms with Crippen molar-refractivity contribution in [2.24, 2.45) is 10.8 Å². The summed E-state index contributed by atoms with van der Waals surface area (Å²) in [4.78, 5) is 132. The summed E-state index contributed by atoms with van der Waals surface area (Å²) in [7, 11) is -3.50. The predicted octanol–water partition coefficient (Wildman–Crippen LogP) is -4.32. The number of aliphatic hydroxyl groups excluding tert-OH is 1. The fraction of sp³-hybridized carbons (Fsp3) is 0.375. The molecule has 5 rings (SSSR count). The van der Waals surface area contributed by atoms with E-state index in [1.165, 1.54) is 31.0 Å². The van der Waals surface area contributed by atoms with Crippen LogP contribution in [0.2, 0.25) is 0 Å². The van der Waals surface area contributed by atoms with Crippen LogP contribution in [-0.2, 0) is 46.4 Å². The number of H-pyrrole nitrogens is 10. The Kier molecular flexibility index (Phi) is 23.0. The second-order valence-corrected chi connectivity index (χ2v) is 13.4. The van der Waals surface area contributed by atoms with E-state index in [0.717, 1.165) is 12.7 Å². The van der Waals surface area contributed by atoms with Gasteiger partial charge in [-0.2, -0.15) is 8.42 Å². The average molecular weight is 881 g/mol. The zero-order valence-electron chi connectivity index (χ0n) is 32.5. The van der Waals surface area contributed by atoms with E-state index in [1.54, 1.807) is 0 Å². The minimum Gasteiger partial charge on any atom is -0.396 e. The van der Waals surface area contributed by atoms with Gasteiger partial charge in [0.1, 0.15) is 0 Å². The van der Waals surface area contributed by atoms with Crippen molar-refractivity contribution in [2.75, 3.05) is 32.6 Å². The number of nitrogens with one attached hydrogen (secondary N) is 10. The maximum atomic E-state index is 11.1. The summed E-state index contributed by atoms with van der Waals surface area (Å²) in [5.41, 5.74) is 10.7. The molecule has 29 heteroatoms. The summed E-state index contributed by atoms with van der Waals surface area (Å²) >= 11 is 0. The molecule has 0 aliphatic carbocycles. The molecule has 28 nitrogen and oxygen atoms in total. The third-order valence-corrected chi connectivity index (χ3v) is 7.60. The summed E-state index contributed by atoms with van der Waals surface area (Å²) in [6.07, 6.45) is 10.4. The predicted molar refractivity (Wildman–Crippen MR) is 218 cm³/mol. The maximum Gasteiger partial charge on any atom is 0.325 e.